The first-order valence-corrected chi connectivity index (χ1v) is 7.86. The Kier molecular flexibility index (Phi) is 9.09. The van der Waals surface area contributed by atoms with Crippen LogP contribution in [0.5, 0.6) is 5.75 Å². The molecule has 1 aromatic carbocycles. The van der Waals surface area contributed by atoms with Crippen LogP contribution in [0.3, 0.4) is 0 Å². The van der Waals surface area contributed by atoms with Crippen molar-refractivity contribution in [3.8, 4) is 5.75 Å². The molecule has 0 saturated carbocycles. The third-order valence-corrected chi connectivity index (χ3v) is 3.35. The van der Waals surface area contributed by atoms with Crippen molar-refractivity contribution in [2.75, 3.05) is 19.8 Å². The highest BCUT2D eigenvalue weighted by molar-refractivity contribution is 5.27. The summed E-state index contributed by atoms with van der Waals surface area (Å²) in [5, 5.41) is 12.5. The lowest BCUT2D eigenvalue weighted by atomic mass is 10.1. The van der Waals surface area contributed by atoms with Gasteiger partial charge < -0.3 is 15.2 Å². The molecule has 0 aromatic heterocycles. The van der Waals surface area contributed by atoms with E-state index in [-0.39, 0.29) is 12.6 Å². The standard InChI is InChI=1S/C17H29NO2/c1-3-5-6-15-7-9-17(10-8-15)20-14-16(11-13-19)18-12-4-2/h7-10,16,18-19H,3-6,11-14H2,1-2H3. The smallest absolute Gasteiger partial charge is 0.119 e. The lowest BCUT2D eigenvalue weighted by Crippen LogP contribution is -2.36. The summed E-state index contributed by atoms with van der Waals surface area (Å²) in [4.78, 5) is 0. The minimum absolute atomic E-state index is 0.195. The van der Waals surface area contributed by atoms with Gasteiger partial charge in [-0.25, -0.2) is 0 Å². The third kappa shape index (κ3) is 6.92. The molecule has 0 aliphatic rings. The zero-order valence-corrected chi connectivity index (χ0v) is 12.9. The molecular weight excluding hydrogens is 250 g/mol. The summed E-state index contributed by atoms with van der Waals surface area (Å²) in [6.07, 6.45) is 5.43. The molecule has 0 heterocycles. The molecule has 0 fully saturated rings. The third-order valence-electron chi connectivity index (χ3n) is 3.35. The van der Waals surface area contributed by atoms with Gasteiger partial charge in [0.2, 0.25) is 0 Å². The van der Waals surface area contributed by atoms with Crippen molar-refractivity contribution in [3.63, 3.8) is 0 Å². The van der Waals surface area contributed by atoms with Crippen molar-refractivity contribution in [2.24, 2.45) is 0 Å². The van der Waals surface area contributed by atoms with Crippen LogP contribution < -0.4 is 10.1 Å². The second kappa shape index (κ2) is 10.7. The van der Waals surface area contributed by atoms with Gasteiger partial charge in [0.15, 0.2) is 0 Å². The molecule has 20 heavy (non-hydrogen) atoms. The number of aliphatic hydroxyl groups excluding tert-OH is 1. The second-order valence-electron chi connectivity index (χ2n) is 5.22. The molecule has 2 N–H and O–H groups in total. The van der Waals surface area contributed by atoms with Gasteiger partial charge >= 0.3 is 0 Å². The molecule has 0 amide bonds. The van der Waals surface area contributed by atoms with E-state index in [9.17, 15) is 0 Å². The monoisotopic (exact) mass is 279 g/mol. The lowest BCUT2D eigenvalue weighted by molar-refractivity contribution is 0.214. The Morgan fingerprint density at radius 1 is 1.15 bits per heavy atom. The summed E-state index contributed by atoms with van der Waals surface area (Å²) in [5.74, 6) is 0.909. The maximum atomic E-state index is 9.06. The molecule has 1 atom stereocenters. The zero-order valence-electron chi connectivity index (χ0n) is 12.9. The summed E-state index contributed by atoms with van der Waals surface area (Å²) in [5.41, 5.74) is 1.37. The van der Waals surface area contributed by atoms with Crippen LogP contribution in [0, 0.1) is 0 Å². The number of hydrogen-bond acceptors (Lipinski definition) is 3. The van der Waals surface area contributed by atoms with E-state index < -0.39 is 0 Å². The highest BCUT2D eigenvalue weighted by atomic mass is 16.5. The summed E-state index contributed by atoms with van der Waals surface area (Å²) in [6.45, 7) is 6.11. The molecule has 0 radical (unpaired) electrons. The molecule has 3 nitrogen and oxygen atoms in total. The molecule has 0 saturated heterocycles. The van der Waals surface area contributed by atoms with Gasteiger partial charge in [0, 0.05) is 12.6 Å². The first-order chi connectivity index (χ1) is 9.80. The average Bonchev–Trinajstić information content (AvgIpc) is 2.49. The Morgan fingerprint density at radius 2 is 1.90 bits per heavy atom. The highest BCUT2D eigenvalue weighted by Crippen LogP contribution is 2.14. The molecule has 1 rings (SSSR count). The topological polar surface area (TPSA) is 41.5 Å². The van der Waals surface area contributed by atoms with Gasteiger partial charge in [-0.05, 0) is 49.9 Å². The fourth-order valence-electron chi connectivity index (χ4n) is 2.08. The second-order valence-corrected chi connectivity index (χ2v) is 5.22. The number of aryl methyl sites for hydroxylation is 1. The van der Waals surface area contributed by atoms with E-state index >= 15 is 0 Å². The Labute approximate surface area is 123 Å². The van der Waals surface area contributed by atoms with E-state index in [4.69, 9.17) is 9.84 Å². The van der Waals surface area contributed by atoms with Crippen LogP contribution >= 0.6 is 0 Å². The minimum Gasteiger partial charge on any atom is -0.492 e. The maximum absolute atomic E-state index is 9.06. The van der Waals surface area contributed by atoms with Crippen molar-refractivity contribution in [2.45, 2.75) is 52.0 Å². The summed E-state index contributed by atoms with van der Waals surface area (Å²) in [7, 11) is 0. The average molecular weight is 279 g/mol. The van der Waals surface area contributed by atoms with Crippen LogP contribution in [0.4, 0.5) is 0 Å². The van der Waals surface area contributed by atoms with Gasteiger partial charge in [0.25, 0.3) is 0 Å². The minimum atomic E-state index is 0.195. The number of ether oxygens (including phenoxy) is 1. The van der Waals surface area contributed by atoms with Crippen LogP contribution in [0.2, 0.25) is 0 Å². The van der Waals surface area contributed by atoms with E-state index in [2.05, 4.69) is 31.3 Å². The van der Waals surface area contributed by atoms with Gasteiger partial charge in [-0.15, -0.1) is 0 Å². The Balaban J connectivity index is 2.38. The Morgan fingerprint density at radius 3 is 2.50 bits per heavy atom. The molecule has 0 spiro atoms. The van der Waals surface area contributed by atoms with Gasteiger partial charge in [-0.3, -0.25) is 0 Å². The molecule has 0 aliphatic heterocycles. The number of unbranched alkanes of at least 4 members (excludes halogenated alkanes) is 1. The molecule has 1 unspecified atom stereocenters. The van der Waals surface area contributed by atoms with E-state index in [0.717, 1.165) is 31.6 Å². The predicted octanol–water partition coefficient (Wildman–Crippen LogP) is 3.16. The van der Waals surface area contributed by atoms with Crippen LogP contribution in [-0.4, -0.2) is 30.9 Å². The zero-order chi connectivity index (χ0) is 14.6. The molecule has 3 heteroatoms. The Hall–Kier alpha value is -1.06. The predicted molar refractivity (Wildman–Crippen MR) is 84.3 cm³/mol. The van der Waals surface area contributed by atoms with Gasteiger partial charge in [0.05, 0.1) is 0 Å². The maximum Gasteiger partial charge on any atom is 0.119 e. The van der Waals surface area contributed by atoms with E-state index in [0.29, 0.717) is 6.61 Å². The summed E-state index contributed by atoms with van der Waals surface area (Å²) in [6, 6.07) is 8.60. The van der Waals surface area contributed by atoms with E-state index in [1.165, 1.54) is 18.4 Å². The number of nitrogens with one attached hydrogen (secondary N) is 1. The van der Waals surface area contributed by atoms with Crippen molar-refractivity contribution in [1.29, 1.82) is 0 Å². The highest BCUT2D eigenvalue weighted by Gasteiger charge is 2.07. The van der Waals surface area contributed by atoms with Crippen molar-refractivity contribution in [1.82, 2.24) is 5.32 Å². The quantitative estimate of drug-likeness (QED) is 0.654. The normalized spacial score (nSPS) is 12.3. The number of aliphatic hydroxyl groups is 1. The van der Waals surface area contributed by atoms with Crippen LogP contribution in [0.25, 0.3) is 0 Å². The Bertz CT molecular complexity index is 337. The van der Waals surface area contributed by atoms with Gasteiger partial charge in [-0.2, -0.15) is 0 Å². The van der Waals surface area contributed by atoms with Gasteiger partial charge in [-0.1, -0.05) is 32.4 Å². The van der Waals surface area contributed by atoms with Crippen LogP contribution in [0.1, 0.15) is 45.1 Å². The van der Waals surface area contributed by atoms with Crippen molar-refractivity contribution < 1.29 is 9.84 Å². The van der Waals surface area contributed by atoms with Crippen LogP contribution in [-0.2, 0) is 6.42 Å². The molecular formula is C17H29NO2. The van der Waals surface area contributed by atoms with Crippen molar-refractivity contribution >= 4 is 0 Å². The number of rotatable bonds is 11. The van der Waals surface area contributed by atoms with Crippen molar-refractivity contribution in [3.05, 3.63) is 29.8 Å². The molecule has 0 bridgehead atoms. The fraction of sp³-hybridized carbons (Fsp3) is 0.647. The van der Waals surface area contributed by atoms with E-state index in [1.54, 1.807) is 0 Å². The SMILES string of the molecule is CCCCc1ccc(OCC(CCO)NCCC)cc1. The van der Waals surface area contributed by atoms with Crippen LogP contribution in [0.15, 0.2) is 24.3 Å². The largest absolute Gasteiger partial charge is 0.492 e. The molecule has 0 aliphatic carbocycles. The number of hydrogen-bond donors (Lipinski definition) is 2. The first kappa shape index (κ1) is 17.0. The fourth-order valence-corrected chi connectivity index (χ4v) is 2.08. The number of benzene rings is 1. The lowest BCUT2D eigenvalue weighted by Gasteiger charge is -2.18. The summed E-state index contributed by atoms with van der Waals surface area (Å²) < 4.78 is 5.80. The molecule has 1 aromatic rings. The van der Waals surface area contributed by atoms with Gasteiger partial charge in [0.1, 0.15) is 12.4 Å². The molecule has 114 valence electrons. The first-order valence-electron chi connectivity index (χ1n) is 7.86. The summed E-state index contributed by atoms with van der Waals surface area (Å²) >= 11 is 0. The van der Waals surface area contributed by atoms with E-state index in [1.807, 2.05) is 12.1 Å².